The van der Waals surface area contributed by atoms with Gasteiger partial charge in [-0.2, -0.15) is 0 Å². The number of halogens is 5. The number of nitrogens with one attached hydrogen (secondary N) is 2. The Labute approximate surface area is 231 Å². The normalized spacial score (nSPS) is 31.2. The molecule has 2 amide bonds. The molecule has 0 aliphatic heterocycles. The third-order valence-corrected chi connectivity index (χ3v) is 13.9. The van der Waals surface area contributed by atoms with Gasteiger partial charge in [-0.3, -0.25) is 0 Å². The molecular weight excluding hydrogens is 664 g/mol. The van der Waals surface area contributed by atoms with E-state index in [1.807, 2.05) is 0 Å². The standard InChI is InChI=1S/C23H22ClF3IN4O5S/c24-14-2-1-9(21(34)31-10-4-15(25)20(27)16(26)5-10)3-17(14)38(36,37)22(30)7-13-11-6-12(19(11)22)23(13,35)28-32-18(33)8-29/h1-5,11-13,19,35H,6-8,29-30H2,(H,31,34)(H,32,33)/q-1/t11?,12?,13?,19?,22-,23?/m1/s1. The van der Waals surface area contributed by atoms with Crippen LogP contribution in [0.5, 0.6) is 0 Å². The topological polar surface area (TPSA) is 165 Å². The average molecular weight is 686 g/mol. The first kappa shape index (κ1) is 27.6. The zero-order chi connectivity index (χ0) is 27.8. The van der Waals surface area contributed by atoms with Gasteiger partial charge in [-0.1, -0.05) is 0 Å². The summed E-state index contributed by atoms with van der Waals surface area (Å²) in [6.07, 6.45) is 0.524. The molecule has 15 heteroatoms. The van der Waals surface area contributed by atoms with Gasteiger partial charge in [-0.05, 0) is 0 Å². The number of rotatable bonds is 7. The maximum atomic E-state index is 13.9. The van der Waals surface area contributed by atoms with Crippen LogP contribution in [0.2, 0.25) is 5.02 Å². The molecule has 4 aliphatic carbocycles. The quantitative estimate of drug-likeness (QED) is 0.102. The third-order valence-electron chi connectivity index (χ3n) is 7.80. The molecule has 2 aromatic rings. The molecular formula is C23H22ClF3IN4O5S-. The number of alkyl halides is 1. The Morgan fingerprint density at radius 2 is 1.82 bits per heavy atom. The molecule has 206 valence electrons. The van der Waals surface area contributed by atoms with E-state index in [4.69, 9.17) is 23.1 Å². The number of carbonyl (C=O) groups excluding carboxylic acids is 2. The van der Waals surface area contributed by atoms with Crippen LogP contribution in [0.1, 0.15) is 23.2 Å². The summed E-state index contributed by atoms with van der Waals surface area (Å²) in [6.45, 7) is -0.222. The number of hydrogen-bond acceptors (Lipinski definition) is 7. The van der Waals surface area contributed by atoms with Crippen molar-refractivity contribution in [1.29, 1.82) is 0 Å². The molecule has 0 radical (unpaired) electrons. The first-order valence-corrected chi connectivity index (χ1v) is 15.4. The van der Waals surface area contributed by atoms with E-state index in [-0.39, 0.29) is 35.2 Å². The first-order valence-electron chi connectivity index (χ1n) is 11.4. The number of hydrogen-bond donors (Lipinski definition) is 5. The van der Waals surface area contributed by atoms with Gasteiger partial charge in [0.2, 0.25) is 0 Å². The Morgan fingerprint density at radius 1 is 1.16 bits per heavy atom. The molecule has 0 heterocycles. The molecule has 0 saturated heterocycles. The van der Waals surface area contributed by atoms with Crippen molar-refractivity contribution in [2.45, 2.75) is 26.2 Å². The summed E-state index contributed by atoms with van der Waals surface area (Å²) < 4.78 is 69.5. The Morgan fingerprint density at radius 3 is 2.42 bits per heavy atom. The second-order valence-corrected chi connectivity index (χ2v) is 15.1. The van der Waals surface area contributed by atoms with E-state index in [0.29, 0.717) is 18.6 Å². The van der Waals surface area contributed by atoms with Crippen molar-refractivity contribution < 1.29 is 57.8 Å². The van der Waals surface area contributed by atoms with Crippen molar-refractivity contribution in [3.05, 3.63) is 58.4 Å². The molecule has 7 N–H and O–H groups in total. The van der Waals surface area contributed by atoms with E-state index < -0.39 is 91.7 Å². The van der Waals surface area contributed by atoms with Gasteiger partial charge in [0.15, 0.2) is 17.5 Å². The van der Waals surface area contributed by atoms with Gasteiger partial charge < -0.3 is 0 Å². The van der Waals surface area contributed by atoms with Gasteiger partial charge in [-0.25, -0.2) is 13.2 Å². The summed E-state index contributed by atoms with van der Waals surface area (Å²) in [6, 6.07) is 4.60. The number of nitrogens with two attached hydrogens (primary N) is 2. The molecule has 2 aromatic carbocycles. The van der Waals surface area contributed by atoms with Gasteiger partial charge >= 0.3 is 201 Å². The maximum absolute atomic E-state index is 13.9. The van der Waals surface area contributed by atoms with Crippen LogP contribution in [0.25, 0.3) is 0 Å². The number of benzene rings is 2. The molecule has 6 rings (SSSR count). The van der Waals surface area contributed by atoms with Crippen LogP contribution < -0.4 is 41.8 Å². The molecule has 0 aromatic heterocycles. The Balaban J connectivity index is 1.41. The van der Waals surface area contributed by atoms with Gasteiger partial charge in [0.05, 0.1) is 0 Å². The van der Waals surface area contributed by atoms with Crippen molar-refractivity contribution in [3.63, 3.8) is 0 Å². The number of anilines is 1. The van der Waals surface area contributed by atoms with E-state index in [9.17, 15) is 36.3 Å². The molecule has 6 atom stereocenters. The zero-order valence-electron chi connectivity index (χ0n) is 19.4. The second kappa shape index (κ2) is 9.30. The minimum absolute atomic E-state index is 0.0588. The third kappa shape index (κ3) is 3.94. The van der Waals surface area contributed by atoms with Crippen LogP contribution >= 0.6 is 11.6 Å². The Hall–Kier alpha value is -1.98. The van der Waals surface area contributed by atoms with Crippen LogP contribution in [0.15, 0.2) is 35.2 Å². The number of amides is 2. The van der Waals surface area contributed by atoms with E-state index in [0.717, 1.165) is 6.07 Å². The van der Waals surface area contributed by atoms with E-state index in [1.54, 1.807) is 0 Å². The van der Waals surface area contributed by atoms with Crippen LogP contribution in [0.3, 0.4) is 0 Å². The van der Waals surface area contributed by atoms with Crippen molar-refractivity contribution in [3.8, 4) is 0 Å². The number of aliphatic hydroxyl groups is 1. The minimum atomic E-state index is -4.35. The van der Waals surface area contributed by atoms with Crippen molar-refractivity contribution >= 4 is 38.9 Å². The van der Waals surface area contributed by atoms with Gasteiger partial charge in [0.1, 0.15) is 0 Å². The van der Waals surface area contributed by atoms with E-state index in [1.165, 1.54) is 12.1 Å². The molecule has 38 heavy (non-hydrogen) atoms. The summed E-state index contributed by atoms with van der Waals surface area (Å²) in [5.41, 5.74) is 11.3. The second-order valence-electron chi connectivity index (χ2n) is 9.70. The van der Waals surface area contributed by atoms with Crippen LogP contribution in [-0.4, -0.2) is 40.4 Å². The van der Waals surface area contributed by atoms with Crippen molar-refractivity contribution in [2.75, 3.05) is 11.9 Å². The molecule has 4 aliphatic rings. The predicted molar refractivity (Wildman–Crippen MR) is 125 cm³/mol. The van der Waals surface area contributed by atoms with Gasteiger partial charge in [-0.15, -0.1) is 0 Å². The molecule has 4 fully saturated rings. The molecule has 9 nitrogen and oxygen atoms in total. The number of carbonyl (C=O) groups is 2. The fraction of sp³-hybridized carbons (Fsp3) is 0.391. The molecule has 5 unspecified atom stereocenters. The van der Waals surface area contributed by atoms with Crippen LogP contribution in [0, 0.1) is 41.1 Å². The fourth-order valence-corrected chi connectivity index (χ4v) is 11.7. The van der Waals surface area contributed by atoms with E-state index >= 15 is 0 Å². The molecule has 4 saturated carbocycles. The average Bonchev–Trinajstić information content (AvgIpc) is 3.34. The van der Waals surface area contributed by atoms with Crippen LogP contribution in [-0.2, 0) is 14.6 Å². The van der Waals surface area contributed by atoms with Crippen molar-refractivity contribution in [1.82, 2.24) is 3.53 Å². The summed E-state index contributed by atoms with van der Waals surface area (Å²) in [5, 5.41) is 13.4. The molecule has 0 spiro atoms. The van der Waals surface area contributed by atoms with Gasteiger partial charge in [0, 0.05) is 0 Å². The monoisotopic (exact) mass is 685 g/mol. The van der Waals surface area contributed by atoms with Gasteiger partial charge in [0.25, 0.3) is 0 Å². The SMILES string of the molecule is NCC(=O)N[I-]C1(O)C2C[C@@](N)(S(=O)(=O)c3cc(C(=O)Nc4cc(F)c(F)c(F)c4)ccc3Cl)C3C2CC31. The summed E-state index contributed by atoms with van der Waals surface area (Å²) in [4.78, 5) is 22.2. The Bertz CT molecular complexity index is 1460. The van der Waals surface area contributed by atoms with Crippen LogP contribution in [0.4, 0.5) is 18.9 Å². The summed E-state index contributed by atoms with van der Waals surface area (Å²) in [5.74, 6) is -7.61. The summed E-state index contributed by atoms with van der Waals surface area (Å²) in [7, 11) is -4.35. The fourth-order valence-electron chi connectivity index (χ4n) is 6.06. The summed E-state index contributed by atoms with van der Waals surface area (Å²) >= 11 is 5.00. The first-order chi connectivity index (χ1) is 17.7. The Kier molecular flexibility index (Phi) is 6.75. The predicted octanol–water partition coefficient (Wildman–Crippen LogP) is -1.51. The zero-order valence-corrected chi connectivity index (χ0v) is 23.1. The number of sulfone groups is 1. The van der Waals surface area contributed by atoms with Crippen molar-refractivity contribution in [2.24, 2.45) is 35.1 Å². The van der Waals surface area contributed by atoms with E-state index in [2.05, 4.69) is 8.85 Å². The molecule has 4 bridgehead atoms.